The normalized spacial score (nSPS) is 10.4. The van der Waals surface area contributed by atoms with Gasteiger partial charge in [-0.25, -0.2) is 9.97 Å². The molecular formula is C19H18ClN5O. The van der Waals surface area contributed by atoms with Crippen molar-refractivity contribution in [3.05, 3.63) is 64.9 Å². The lowest BCUT2D eigenvalue weighted by Crippen LogP contribution is -2.23. The van der Waals surface area contributed by atoms with Crippen LogP contribution in [0.15, 0.2) is 48.7 Å². The molecule has 0 unspecified atom stereocenters. The van der Waals surface area contributed by atoms with Crippen molar-refractivity contribution in [1.29, 1.82) is 0 Å². The first-order chi connectivity index (χ1) is 12.5. The number of amides is 1. The summed E-state index contributed by atoms with van der Waals surface area (Å²) in [5, 5.41) is 6.50. The lowest BCUT2D eigenvalue weighted by Gasteiger charge is -2.12. The fourth-order valence-corrected chi connectivity index (χ4v) is 2.44. The van der Waals surface area contributed by atoms with Crippen LogP contribution in [0, 0.1) is 13.8 Å². The zero-order valence-corrected chi connectivity index (χ0v) is 15.2. The lowest BCUT2D eigenvalue weighted by atomic mass is 10.2. The van der Waals surface area contributed by atoms with Crippen LogP contribution in [0.1, 0.15) is 11.3 Å². The molecule has 132 valence electrons. The molecule has 0 saturated heterocycles. The third-order valence-electron chi connectivity index (χ3n) is 3.83. The summed E-state index contributed by atoms with van der Waals surface area (Å²) in [6.45, 7) is 3.90. The second-order valence-corrected chi connectivity index (χ2v) is 6.17. The van der Waals surface area contributed by atoms with Gasteiger partial charge < -0.3 is 10.6 Å². The highest BCUT2D eigenvalue weighted by Crippen LogP contribution is 2.20. The average Bonchev–Trinajstić information content (AvgIpc) is 2.65. The van der Waals surface area contributed by atoms with E-state index in [0.717, 1.165) is 11.3 Å². The highest BCUT2D eigenvalue weighted by molar-refractivity contribution is 6.30. The fraction of sp³-hybridized carbons (Fsp3) is 0.158. The maximum Gasteiger partial charge on any atom is 0.243 e. The van der Waals surface area contributed by atoms with E-state index in [9.17, 15) is 4.79 Å². The van der Waals surface area contributed by atoms with Gasteiger partial charge in [0.25, 0.3) is 0 Å². The lowest BCUT2D eigenvalue weighted by molar-refractivity contribution is -0.114. The molecular weight excluding hydrogens is 350 g/mol. The first kappa shape index (κ1) is 17.8. The Morgan fingerprint density at radius 3 is 2.54 bits per heavy atom. The molecule has 7 heteroatoms. The van der Waals surface area contributed by atoms with Gasteiger partial charge >= 0.3 is 0 Å². The number of hydrogen-bond acceptors (Lipinski definition) is 5. The van der Waals surface area contributed by atoms with Crippen molar-refractivity contribution in [3.8, 4) is 11.5 Å². The molecule has 3 rings (SSSR count). The van der Waals surface area contributed by atoms with Gasteiger partial charge in [0.05, 0.1) is 6.54 Å². The molecule has 3 aromatic rings. The summed E-state index contributed by atoms with van der Waals surface area (Å²) in [6, 6.07) is 12.5. The van der Waals surface area contributed by atoms with Crippen LogP contribution in [0.3, 0.4) is 0 Å². The third-order valence-corrected chi connectivity index (χ3v) is 4.08. The van der Waals surface area contributed by atoms with Crippen LogP contribution in [0.5, 0.6) is 0 Å². The van der Waals surface area contributed by atoms with Crippen LogP contribution in [0.2, 0.25) is 5.02 Å². The summed E-state index contributed by atoms with van der Waals surface area (Å²) in [6.07, 6.45) is 1.69. The highest BCUT2D eigenvalue weighted by atomic mass is 35.5. The number of carbonyl (C=O) groups is 1. The molecule has 0 spiro atoms. The summed E-state index contributed by atoms with van der Waals surface area (Å²) in [5.41, 5.74) is 3.10. The summed E-state index contributed by atoms with van der Waals surface area (Å²) in [5.74, 6) is 0.959. The molecule has 26 heavy (non-hydrogen) atoms. The second kappa shape index (κ2) is 7.93. The number of nitrogens with zero attached hydrogens (tertiary/aromatic N) is 3. The number of aromatic nitrogens is 3. The standard InChI is InChI=1S/C19H18ClN5O/c1-12-13(2)23-19(16-5-3-4-10-21-16)25-18(12)22-11-17(26)24-15-8-6-14(20)7-9-15/h3-10H,11H2,1-2H3,(H,24,26)(H,22,23,25). The van der Waals surface area contributed by atoms with Gasteiger partial charge in [0, 0.05) is 28.2 Å². The number of benzene rings is 1. The van der Waals surface area contributed by atoms with E-state index in [1.165, 1.54) is 0 Å². The number of rotatable bonds is 5. The fourth-order valence-electron chi connectivity index (χ4n) is 2.31. The molecule has 1 aromatic carbocycles. The van der Waals surface area contributed by atoms with Gasteiger partial charge in [-0.1, -0.05) is 17.7 Å². The monoisotopic (exact) mass is 367 g/mol. The van der Waals surface area contributed by atoms with Crippen molar-refractivity contribution in [3.63, 3.8) is 0 Å². The van der Waals surface area contributed by atoms with E-state index in [2.05, 4.69) is 25.6 Å². The quantitative estimate of drug-likeness (QED) is 0.715. The molecule has 2 aromatic heterocycles. The molecule has 0 bridgehead atoms. The Morgan fingerprint density at radius 2 is 1.85 bits per heavy atom. The Bertz CT molecular complexity index is 913. The van der Waals surface area contributed by atoms with Crippen LogP contribution in [-0.4, -0.2) is 27.4 Å². The predicted octanol–water partition coefficient (Wildman–Crippen LogP) is 3.86. The number of nitrogens with one attached hydrogen (secondary N) is 2. The Morgan fingerprint density at radius 1 is 1.08 bits per heavy atom. The van der Waals surface area contributed by atoms with E-state index < -0.39 is 0 Å². The Balaban J connectivity index is 1.72. The predicted molar refractivity (Wildman–Crippen MR) is 103 cm³/mol. The van der Waals surface area contributed by atoms with Crippen LogP contribution >= 0.6 is 11.6 Å². The molecule has 6 nitrogen and oxygen atoms in total. The van der Waals surface area contributed by atoms with Crippen molar-refractivity contribution >= 4 is 29.0 Å². The molecule has 0 aliphatic carbocycles. The summed E-state index contributed by atoms with van der Waals surface area (Å²) in [4.78, 5) is 25.4. The molecule has 0 atom stereocenters. The van der Waals surface area contributed by atoms with E-state index in [-0.39, 0.29) is 12.5 Å². The molecule has 2 heterocycles. The van der Waals surface area contributed by atoms with Crippen LogP contribution in [-0.2, 0) is 4.79 Å². The van der Waals surface area contributed by atoms with Crippen molar-refractivity contribution in [2.45, 2.75) is 13.8 Å². The first-order valence-corrected chi connectivity index (χ1v) is 8.46. The molecule has 0 aliphatic heterocycles. The maximum atomic E-state index is 12.2. The first-order valence-electron chi connectivity index (χ1n) is 8.09. The van der Waals surface area contributed by atoms with E-state index in [1.807, 2.05) is 32.0 Å². The van der Waals surface area contributed by atoms with Gasteiger partial charge in [-0.05, 0) is 50.2 Å². The largest absolute Gasteiger partial charge is 0.361 e. The minimum absolute atomic E-state index is 0.0849. The highest BCUT2D eigenvalue weighted by Gasteiger charge is 2.11. The van der Waals surface area contributed by atoms with E-state index >= 15 is 0 Å². The molecule has 0 fully saturated rings. The number of halogens is 1. The van der Waals surface area contributed by atoms with Crippen LogP contribution < -0.4 is 10.6 Å². The SMILES string of the molecule is Cc1nc(-c2ccccn2)nc(NCC(=O)Nc2ccc(Cl)cc2)c1C. The third kappa shape index (κ3) is 4.34. The Kier molecular flexibility index (Phi) is 5.43. The van der Waals surface area contributed by atoms with Gasteiger partial charge in [-0.2, -0.15) is 0 Å². The number of hydrogen-bond donors (Lipinski definition) is 2. The minimum Gasteiger partial charge on any atom is -0.361 e. The summed E-state index contributed by atoms with van der Waals surface area (Å²) >= 11 is 5.84. The van der Waals surface area contributed by atoms with Crippen molar-refractivity contribution < 1.29 is 4.79 Å². The van der Waals surface area contributed by atoms with Crippen LogP contribution in [0.4, 0.5) is 11.5 Å². The van der Waals surface area contributed by atoms with E-state index in [4.69, 9.17) is 11.6 Å². The van der Waals surface area contributed by atoms with E-state index in [1.54, 1.807) is 30.5 Å². The Hall–Kier alpha value is -2.99. The van der Waals surface area contributed by atoms with Gasteiger partial charge in [0.15, 0.2) is 5.82 Å². The van der Waals surface area contributed by atoms with Crippen molar-refractivity contribution in [2.24, 2.45) is 0 Å². The minimum atomic E-state index is -0.178. The van der Waals surface area contributed by atoms with Crippen molar-refractivity contribution in [1.82, 2.24) is 15.0 Å². The molecule has 0 saturated carbocycles. The van der Waals surface area contributed by atoms with E-state index in [0.29, 0.717) is 28.0 Å². The van der Waals surface area contributed by atoms with Crippen molar-refractivity contribution in [2.75, 3.05) is 17.2 Å². The summed E-state index contributed by atoms with van der Waals surface area (Å²) in [7, 11) is 0. The number of anilines is 2. The van der Waals surface area contributed by atoms with Gasteiger partial charge in [0.1, 0.15) is 11.5 Å². The van der Waals surface area contributed by atoms with Gasteiger partial charge in [-0.15, -0.1) is 0 Å². The zero-order chi connectivity index (χ0) is 18.5. The number of pyridine rings is 1. The molecule has 0 aliphatic rings. The van der Waals surface area contributed by atoms with Gasteiger partial charge in [-0.3, -0.25) is 9.78 Å². The maximum absolute atomic E-state index is 12.2. The number of aryl methyl sites for hydroxylation is 1. The molecule has 2 N–H and O–H groups in total. The average molecular weight is 368 g/mol. The van der Waals surface area contributed by atoms with Crippen LogP contribution in [0.25, 0.3) is 11.5 Å². The number of carbonyl (C=O) groups excluding carboxylic acids is 1. The second-order valence-electron chi connectivity index (χ2n) is 5.73. The topological polar surface area (TPSA) is 79.8 Å². The Labute approximate surface area is 156 Å². The zero-order valence-electron chi connectivity index (χ0n) is 14.5. The smallest absolute Gasteiger partial charge is 0.243 e. The molecule has 0 radical (unpaired) electrons. The summed E-state index contributed by atoms with van der Waals surface area (Å²) < 4.78 is 0. The molecule has 1 amide bonds. The van der Waals surface area contributed by atoms with Gasteiger partial charge in [0.2, 0.25) is 5.91 Å².